The summed E-state index contributed by atoms with van der Waals surface area (Å²) in [5.74, 6) is -0.356. The zero-order valence-corrected chi connectivity index (χ0v) is 14.4. The predicted molar refractivity (Wildman–Crippen MR) is 92.8 cm³/mol. The molecule has 0 spiro atoms. The average molecular weight is 375 g/mol. The van der Waals surface area contributed by atoms with Gasteiger partial charge in [0.2, 0.25) is 0 Å². The second kappa shape index (κ2) is 6.96. The van der Waals surface area contributed by atoms with Crippen molar-refractivity contribution in [3.8, 4) is 0 Å². The molecule has 2 N–H and O–H groups in total. The van der Waals surface area contributed by atoms with Gasteiger partial charge in [0.15, 0.2) is 5.82 Å². The summed E-state index contributed by atoms with van der Waals surface area (Å²) in [6, 6.07) is 12.2. The molecule has 0 unspecified atom stereocenters. The van der Waals surface area contributed by atoms with Gasteiger partial charge in [0, 0.05) is 11.6 Å². The van der Waals surface area contributed by atoms with Crippen LogP contribution in [-0.2, 0) is 10.0 Å². The highest BCUT2D eigenvalue weighted by Gasteiger charge is 2.17. The van der Waals surface area contributed by atoms with Gasteiger partial charge in [-0.15, -0.1) is 0 Å². The number of nitrogens with one attached hydrogen (secondary N) is 2. The minimum absolute atomic E-state index is 0.102. The molecule has 3 aromatic rings. The molecule has 0 saturated heterocycles. The largest absolute Gasteiger partial charge is 0.360 e. The molecule has 3 rings (SSSR count). The normalized spacial score (nSPS) is 11.2. The van der Waals surface area contributed by atoms with Gasteiger partial charge < -0.3 is 9.84 Å². The number of aryl methyl sites for hydroxylation is 1. The van der Waals surface area contributed by atoms with E-state index in [1.54, 1.807) is 13.0 Å². The Balaban J connectivity index is 1.76. The molecule has 1 heterocycles. The van der Waals surface area contributed by atoms with Gasteiger partial charge in [-0.2, -0.15) is 0 Å². The van der Waals surface area contributed by atoms with Gasteiger partial charge in [0.1, 0.15) is 11.6 Å². The van der Waals surface area contributed by atoms with Gasteiger partial charge in [0.05, 0.1) is 10.6 Å². The van der Waals surface area contributed by atoms with E-state index in [9.17, 15) is 17.6 Å². The number of aromatic nitrogens is 1. The lowest BCUT2D eigenvalue weighted by molar-refractivity contribution is 0.102. The first-order valence-electron chi connectivity index (χ1n) is 7.47. The maximum atomic E-state index is 13.6. The van der Waals surface area contributed by atoms with Crippen LogP contribution < -0.4 is 10.0 Å². The molecule has 0 saturated carbocycles. The number of carbonyl (C=O) groups excluding carboxylic acids is 1. The van der Waals surface area contributed by atoms with Crippen molar-refractivity contribution >= 4 is 27.4 Å². The molecule has 0 fully saturated rings. The highest BCUT2D eigenvalue weighted by Crippen LogP contribution is 2.19. The number of sulfonamides is 1. The predicted octanol–water partition coefficient (Wildman–Crippen LogP) is 3.18. The fourth-order valence-electron chi connectivity index (χ4n) is 2.15. The van der Waals surface area contributed by atoms with Crippen LogP contribution in [0.1, 0.15) is 16.1 Å². The Hall–Kier alpha value is -3.20. The molecule has 0 atom stereocenters. The molecule has 1 aromatic heterocycles. The van der Waals surface area contributed by atoms with Crippen LogP contribution in [0.4, 0.5) is 15.9 Å². The number of rotatable bonds is 5. The Bertz CT molecular complexity index is 1050. The van der Waals surface area contributed by atoms with Crippen LogP contribution in [0.2, 0.25) is 0 Å². The van der Waals surface area contributed by atoms with Gasteiger partial charge in [-0.05, 0) is 43.3 Å². The molecule has 26 heavy (non-hydrogen) atoms. The van der Waals surface area contributed by atoms with Crippen LogP contribution in [0, 0.1) is 12.7 Å². The highest BCUT2D eigenvalue weighted by molar-refractivity contribution is 7.92. The molecule has 134 valence electrons. The van der Waals surface area contributed by atoms with Crippen LogP contribution in [0.5, 0.6) is 0 Å². The quantitative estimate of drug-likeness (QED) is 0.713. The average Bonchev–Trinajstić information content (AvgIpc) is 3.02. The molecule has 0 aliphatic carbocycles. The molecular formula is C17H14FN3O4S. The van der Waals surface area contributed by atoms with E-state index in [0.717, 1.165) is 6.07 Å². The minimum atomic E-state index is -3.98. The molecule has 0 aliphatic heterocycles. The number of hydrogen-bond donors (Lipinski definition) is 2. The van der Waals surface area contributed by atoms with Gasteiger partial charge in [0.25, 0.3) is 15.9 Å². The minimum Gasteiger partial charge on any atom is -0.360 e. The number of hydrogen-bond acceptors (Lipinski definition) is 5. The van der Waals surface area contributed by atoms with Crippen LogP contribution >= 0.6 is 0 Å². The summed E-state index contributed by atoms with van der Waals surface area (Å²) < 4.78 is 45.3. The van der Waals surface area contributed by atoms with Gasteiger partial charge >= 0.3 is 0 Å². The number of para-hydroxylation sites is 1. The van der Waals surface area contributed by atoms with Crippen molar-refractivity contribution in [2.75, 3.05) is 10.0 Å². The van der Waals surface area contributed by atoms with E-state index in [2.05, 4.69) is 15.2 Å². The van der Waals surface area contributed by atoms with E-state index in [-0.39, 0.29) is 22.0 Å². The first-order chi connectivity index (χ1) is 12.3. The zero-order chi connectivity index (χ0) is 18.7. The van der Waals surface area contributed by atoms with Crippen molar-refractivity contribution in [3.05, 3.63) is 71.7 Å². The first-order valence-corrected chi connectivity index (χ1v) is 8.95. The highest BCUT2D eigenvalue weighted by atomic mass is 32.2. The Labute approximate surface area is 148 Å². The number of anilines is 2. The Kier molecular flexibility index (Phi) is 4.72. The third kappa shape index (κ3) is 3.89. The van der Waals surface area contributed by atoms with Crippen molar-refractivity contribution in [3.63, 3.8) is 0 Å². The van der Waals surface area contributed by atoms with Gasteiger partial charge in [-0.25, -0.2) is 12.8 Å². The molecule has 0 bridgehead atoms. The molecule has 0 aliphatic rings. The lowest BCUT2D eigenvalue weighted by atomic mass is 10.2. The van der Waals surface area contributed by atoms with E-state index in [0.29, 0.717) is 5.76 Å². The van der Waals surface area contributed by atoms with E-state index < -0.39 is 21.7 Å². The molecule has 0 radical (unpaired) electrons. The number of halogens is 1. The summed E-state index contributed by atoms with van der Waals surface area (Å²) in [4.78, 5) is 12.0. The molecular weight excluding hydrogens is 361 g/mol. The van der Waals surface area contributed by atoms with Gasteiger partial charge in [-0.1, -0.05) is 17.3 Å². The summed E-state index contributed by atoms with van der Waals surface area (Å²) in [5.41, 5.74) is 0.0752. The van der Waals surface area contributed by atoms with Crippen molar-refractivity contribution in [2.24, 2.45) is 0 Å². The molecule has 1 amide bonds. The topological polar surface area (TPSA) is 101 Å². The number of carbonyl (C=O) groups is 1. The van der Waals surface area contributed by atoms with Crippen molar-refractivity contribution in [2.45, 2.75) is 11.8 Å². The number of amides is 1. The third-order valence-electron chi connectivity index (χ3n) is 3.41. The Morgan fingerprint density at radius 2 is 1.81 bits per heavy atom. The van der Waals surface area contributed by atoms with Crippen LogP contribution in [0.3, 0.4) is 0 Å². The number of benzene rings is 2. The SMILES string of the molecule is Cc1cc(NC(=O)c2ccc(S(=O)(=O)Nc3ccccc3F)cc2)no1. The van der Waals surface area contributed by atoms with Crippen molar-refractivity contribution in [1.29, 1.82) is 0 Å². The van der Waals surface area contributed by atoms with Crippen LogP contribution in [0.15, 0.2) is 64.0 Å². The van der Waals surface area contributed by atoms with Crippen LogP contribution in [-0.4, -0.2) is 19.5 Å². The summed E-state index contributed by atoms with van der Waals surface area (Å²) >= 11 is 0. The summed E-state index contributed by atoms with van der Waals surface area (Å²) in [6.45, 7) is 1.69. The Morgan fingerprint density at radius 3 is 2.42 bits per heavy atom. The summed E-state index contributed by atoms with van der Waals surface area (Å²) in [5, 5.41) is 6.17. The maximum Gasteiger partial charge on any atom is 0.261 e. The van der Waals surface area contributed by atoms with Gasteiger partial charge in [-0.3, -0.25) is 9.52 Å². The molecule has 7 nitrogen and oxygen atoms in total. The molecule has 9 heteroatoms. The first kappa shape index (κ1) is 17.6. The van der Waals surface area contributed by atoms with E-state index in [4.69, 9.17) is 4.52 Å². The monoisotopic (exact) mass is 375 g/mol. The summed E-state index contributed by atoms with van der Waals surface area (Å²) in [6.07, 6.45) is 0. The fourth-order valence-corrected chi connectivity index (χ4v) is 3.21. The second-order valence-corrected chi connectivity index (χ2v) is 7.07. The standard InChI is InChI=1S/C17H14FN3O4S/c1-11-10-16(20-25-11)19-17(22)12-6-8-13(9-7-12)26(23,24)21-15-5-3-2-4-14(15)18/h2-10,21H,1H3,(H,19,20,22). The third-order valence-corrected chi connectivity index (χ3v) is 4.80. The zero-order valence-electron chi connectivity index (χ0n) is 13.6. The lowest BCUT2D eigenvalue weighted by Gasteiger charge is -2.09. The maximum absolute atomic E-state index is 13.6. The second-order valence-electron chi connectivity index (χ2n) is 5.39. The van der Waals surface area contributed by atoms with Crippen molar-refractivity contribution in [1.82, 2.24) is 5.16 Å². The fraction of sp³-hybridized carbons (Fsp3) is 0.0588. The van der Waals surface area contributed by atoms with E-state index in [1.807, 2.05) is 0 Å². The lowest BCUT2D eigenvalue weighted by Crippen LogP contribution is -2.15. The van der Waals surface area contributed by atoms with Crippen LogP contribution in [0.25, 0.3) is 0 Å². The van der Waals surface area contributed by atoms with E-state index in [1.165, 1.54) is 42.5 Å². The summed E-state index contributed by atoms with van der Waals surface area (Å²) in [7, 11) is -3.98. The smallest absolute Gasteiger partial charge is 0.261 e. The van der Waals surface area contributed by atoms with Crippen molar-refractivity contribution < 1.29 is 22.1 Å². The molecule has 2 aromatic carbocycles. The van der Waals surface area contributed by atoms with E-state index >= 15 is 0 Å². The Morgan fingerprint density at radius 1 is 1.12 bits per heavy atom. The number of nitrogens with zero attached hydrogens (tertiary/aromatic N) is 1.